The number of hydrogen-bond acceptors (Lipinski definition) is 2. The van der Waals surface area contributed by atoms with Crippen LogP contribution in [0.2, 0.25) is 0 Å². The van der Waals surface area contributed by atoms with Crippen LogP contribution in [0.3, 0.4) is 0 Å². The molecule has 1 unspecified atom stereocenters. The summed E-state index contributed by atoms with van der Waals surface area (Å²) in [7, 11) is 0. The maximum Gasteiger partial charge on any atom is 0.328 e. The van der Waals surface area contributed by atoms with Crippen molar-refractivity contribution in [2.75, 3.05) is 11.4 Å². The van der Waals surface area contributed by atoms with Gasteiger partial charge in [0.1, 0.15) is 0 Å². The van der Waals surface area contributed by atoms with E-state index in [2.05, 4.69) is 19.2 Å². The van der Waals surface area contributed by atoms with Crippen LogP contribution < -0.4 is 10.2 Å². The van der Waals surface area contributed by atoms with Crippen LogP contribution in [-0.2, 0) is 4.79 Å². The van der Waals surface area contributed by atoms with E-state index < -0.39 is 0 Å². The molecule has 0 spiro atoms. The molecule has 96 valence electrons. The van der Waals surface area contributed by atoms with Gasteiger partial charge in [-0.05, 0) is 24.5 Å². The molecule has 1 aliphatic rings. The molecule has 1 aromatic rings. The Morgan fingerprint density at radius 2 is 1.94 bits per heavy atom. The van der Waals surface area contributed by atoms with Gasteiger partial charge in [0.05, 0.1) is 11.6 Å². The first-order valence-corrected chi connectivity index (χ1v) is 6.26. The van der Waals surface area contributed by atoms with Crippen molar-refractivity contribution in [3.05, 3.63) is 30.3 Å². The fourth-order valence-corrected chi connectivity index (χ4v) is 2.23. The van der Waals surface area contributed by atoms with Crippen molar-refractivity contribution >= 4 is 17.6 Å². The molecular formula is C14H18N2O2. The smallest absolute Gasteiger partial charge is 0.328 e. The summed E-state index contributed by atoms with van der Waals surface area (Å²) in [5.74, 6) is 0.216. The minimum absolute atomic E-state index is 0.0985. The van der Waals surface area contributed by atoms with Gasteiger partial charge in [0.25, 0.3) is 0 Å². The normalized spacial score (nSPS) is 20.2. The third kappa shape index (κ3) is 2.53. The quantitative estimate of drug-likeness (QED) is 0.890. The van der Waals surface area contributed by atoms with Crippen molar-refractivity contribution < 1.29 is 9.59 Å². The molecule has 0 saturated carbocycles. The van der Waals surface area contributed by atoms with E-state index in [9.17, 15) is 9.59 Å². The summed E-state index contributed by atoms with van der Waals surface area (Å²) in [6.45, 7) is 4.60. The number of para-hydroxylation sites is 1. The topological polar surface area (TPSA) is 49.4 Å². The van der Waals surface area contributed by atoms with Crippen molar-refractivity contribution in [2.45, 2.75) is 20.3 Å². The highest BCUT2D eigenvalue weighted by Crippen LogP contribution is 2.23. The molecule has 0 aliphatic carbocycles. The van der Waals surface area contributed by atoms with Gasteiger partial charge in [0, 0.05) is 6.54 Å². The van der Waals surface area contributed by atoms with E-state index in [0.29, 0.717) is 18.2 Å². The van der Waals surface area contributed by atoms with Crippen LogP contribution in [0.15, 0.2) is 30.3 Å². The summed E-state index contributed by atoms with van der Waals surface area (Å²) >= 11 is 0. The third-order valence-corrected chi connectivity index (χ3v) is 3.04. The van der Waals surface area contributed by atoms with Crippen LogP contribution in [0.25, 0.3) is 0 Å². The third-order valence-electron chi connectivity index (χ3n) is 3.04. The first-order valence-electron chi connectivity index (χ1n) is 6.26. The number of imide groups is 1. The zero-order chi connectivity index (χ0) is 13.1. The van der Waals surface area contributed by atoms with Crippen LogP contribution in [0.1, 0.15) is 20.3 Å². The number of urea groups is 1. The molecule has 1 N–H and O–H groups in total. The maximum absolute atomic E-state index is 12.3. The lowest BCUT2D eigenvalue weighted by Crippen LogP contribution is -2.55. The molecular weight excluding hydrogens is 228 g/mol. The van der Waals surface area contributed by atoms with E-state index in [1.807, 2.05) is 18.2 Å². The van der Waals surface area contributed by atoms with E-state index in [0.717, 1.165) is 6.42 Å². The fourth-order valence-electron chi connectivity index (χ4n) is 2.23. The first-order chi connectivity index (χ1) is 8.59. The largest absolute Gasteiger partial charge is 0.337 e. The Hall–Kier alpha value is -1.84. The number of hydrogen-bond donors (Lipinski definition) is 1. The molecule has 2 rings (SSSR count). The van der Waals surface area contributed by atoms with Gasteiger partial charge < -0.3 is 5.32 Å². The average molecular weight is 246 g/mol. The Morgan fingerprint density at radius 3 is 2.56 bits per heavy atom. The molecule has 0 aromatic heterocycles. The molecule has 1 saturated heterocycles. The number of carbonyl (C=O) groups excluding carboxylic acids is 2. The van der Waals surface area contributed by atoms with E-state index >= 15 is 0 Å². The highest BCUT2D eigenvalue weighted by molar-refractivity contribution is 6.16. The van der Waals surface area contributed by atoms with Crippen molar-refractivity contribution in [3.63, 3.8) is 0 Å². The van der Waals surface area contributed by atoms with Crippen LogP contribution in [0, 0.1) is 11.8 Å². The first kappa shape index (κ1) is 12.6. The van der Waals surface area contributed by atoms with Crippen molar-refractivity contribution in [3.8, 4) is 0 Å². The van der Waals surface area contributed by atoms with Crippen LogP contribution in [0.4, 0.5) is 10.5 Å². The van der Waals surface area contributed by atoms with Crippen molar-refractivity contribution in [1.82, 2.24) is 5.32 Å². The second-order valence-electron chi connectivity index (χ2n) is 5.02. The summed E-state index contributed by atoms with van der Waals surface area (Å²) in [6, 6.07) is 8.72. The summed E-state index contributed by atoms with van der Waals surface area (Å²) in [5.41, 5.74) is 0.633. The zero-order valence-corrected chi connectivity index (χ0v) is 10.7. The van der Waals surface area contributed by atoms with Crippen LogP contribution in [0.5, 0.6) is 0 Å². The van der Waals surface area contributed by atoms with Gasteiger partial charge in [-0.25, -0.2) is 9.69 Å². The van der Waals surface area contributed by atoms with Crippen molar-refractivity contribution in [1.29, 1.82) is 0 Å². The lowest BCUT2D eigenvalue weighted by Gasteiger charge is -2.32. The molecule has 4 nitrogen and oxygen atoms in total. The summed E-state index contributed by atoms with van der Waals surface area (Å²) in [6.07, 6.45) is 0.794. The van der Waals surface area contributed by atoms with E-state index in [1.54, 1.807) is 12.1 Å². The molecule has 1 heterocycles. The number of nitrogens with one attached hydrogen (secondary N) is 1. The molecule has 3 amide bonds. The molecule has 1 aromatic carbocycles. The number of benzene rings is 1. The van der Waals surface area contributed by atoms with Gasteiger partial charge in [-0.2, -0.15) is 0 Å². The summed E-state index contributed by atoms with van der Waals surface area (Å²) in [5, 5.41) is 2.78. The zero-order valence-electron chi connectivity index (χ0n) is 10.7. The average Bonchev–Trinajstić information content (AvgIpc) is 2.34. The number of anilines is 1. The van der Waals surface area contributed by atoms with E-state index in [1.165, 1.54) is 4.90 Å². The van der Waals surface area contributed by atoms with Gasteiger partial charge in [-0.1, -0.05) is 32.0 Å². The second-order valence-corrected chi connectivity index (χ2v) is 5.02. The number of carbonyl (C=O) groups is 2. The molecule has 18 heavy (non-hydrogen) atoms. The van der Waals surface area contributed by atoms with E-state index in [4.69, 9.17) is 0 Å². The Bertz CT molecular complexity index is 442. The predicted octanol–water partition coefficient (Wildman–Crippen LogP) is 2.41. The molecule has 1 atom stereocenters. The maximum atomic E-state index is 12.3. The van der Waals surface area contributed by atoms with Gasteiger partial charge in [-0.3, -0.25) is 4.79 Å². The van der Waals surface area contributed by atoms with Gasteiger partial charge in [0.15, 0.2) is 0 Å². The van der Waals surface area contributed by atoms with Crippen molar-refractivity contribution in [2.24, 2.45) is 11.8 Å². The second kappa shape index (κ2) is 5.21. The number of amides is 3. The fraction of sp³-hybridized carbons (Fsp3) is 0.429. The molecule has 0 radical (unpaired) electrons. The Morgan fingerprint density at radius 1 is 1.28 bits per heavy atom. The molecule has 1 aliphatic heterocycles. The molecule has 0 bridgehead atoms. The molecule has 1 fully saturated rings. The number of rotatable bonds is 3. The van der Waals surface area contributed by atoms with Crippen LogP contribution >= 0.6 is 0 Å². The Labute approximate surface area is 107 Å². The Kier molecular flexibility index (Phi) is 3.65. The Balaban J connectivity index is 2.22. The predicted molar refractivity (Wildman–Crippen MR) is 70.3 cm³/mol. The SMILES string of the molecule is CC(C)CC1CNC(=O)N(c2ccccc2)C1=O. The monoisotopic (exact) mass is 246 g/mol. The van der Waals surface area contributed by atoms with E-state index in [-0.39, 0.29) is 17.9 Å². The summed E-state index contributed by atoms with van der Waals surface area (Å²) in [4.78, 5) is 25.4. The summed E-state index contributed by atoms with van der Waals surface area (Å²) < 4.78 is 0. The van der Waals surface area contributed by atoms with Gasteiger partial charge in [0.2, 0.25) is 5.91 Å². The molecule has 4 heteroatoms. The lowest BCUT2D eigenvalue weighted by atomic mass is 9.94. The highest BCUT2D eigenvalue weighted by atomic mass is 16.2. The minimum atomic E-state index is -0.328. The number of nitrogens with zero attached hydrogens (tertiary/aromatic N) is 1. The standard InChI is InChI=1S/C14H18N2O2/c1-10(2)8-11-9-15-14(18)16(13(11)17)12-6-4-3-5-7-12/h3-7,10-11H,8-9H2,1-2H3,(H,15,18). The van der Waals surface area contributed by atoms with Gasteiger partial charge in [-0.15, -0.1) is 0 Å². The lowest BCUT2D eigenvalue weighted by molar-refractivity contribution is -0.122. The van der Waals surface area contributed by atoms with Gasteiger partial charge >= 0.3 is 6.03 Å². The highest BCUT2D eigenvalue weighted by Gasteiger charge is 2.35. The minimum Gasteiger partial charge on any atom is -0.337 e. The van der Waals surface area contributed by atoms with Crippen LogP contribution in [-0.4, -0.2) is 18.5 Å².